The Balaban J connectivity index is 1.57. The molecule has 130 valence electrons. The standard InChI is InChI=1S/C16H13N7O3/c24-15(18-17-10-12-5-4-8-14(9-12)23(25)26)11-22-20-16(19-21-22)13-6-2-1-3-7-13/h1-10H,11H2,(H,18,24)/b17-10-. The minimum atomic E-state index is -0.503. The number of carbonyl (C=O) groups excluding carboxylic acids is 1. The number of nitrogens with one attached hydrogen (secondary N) is 1. The Morgan fingerprint density at radius 2 is 2.04 bits per heavy atom. The second kappa shape index (κ2) is 7.75. The normalized spacial score (nSPS) is 10.8. The van der Waals surface area contributed by atoms with Crippen molar-refractivity contribution in [2.45, 2.75) is 6.54 Å². The fourth-order valence-corrected chi connectivity index (χ4v) is 2.07. The predicted molar refractivity (Wildman–Crippen MR) is 92.1 cm³/mol. The Bertz CT molecular complexity index is 953. The lowest BCUT2D eigenvalue weighted by Gasteiger charge is -1.98. The quantitative estimate of drug-likeness (QED) is 0.406. The maximum Gasteiger partial charge on any atom is 0.270 e. The summed E-state index contributed by atoms with van der Waals surface area (Å²) in [7, 11) is 0. The molecule has 0 atom stereocenters. The monoisotopic (exact) mass is 351 g/mol. The fraction of sp³-hybridized carbons (Fsp3) is 0.0625. The van der Waals surface area contributed by atoms with Crippen LogP contribution in [0.25, 0.3) is 11.4 Å². The zero-order valence-corrected chi connectivity index (χ0v) is 13.4. The second-order valence-electron chi connectivity index (χ2n) is 5.15. The smallest absolute Gasteiger partial charge is 0.270 e. The summed E-state index contributed by atoms with van der Waals surface area (Å²) in [4.78, 5) is 23.2. The first-order valence-corrected chi connectivity index (χ1v) is 7.51. The molecule has 0 saturated heterocycles. The highest BCUT2D eigenvalue weighted by Crippen LogP contribution is 2.12. The molecular weight excluding hydrogens is 338 g/mol. The number of aromatic nitrogens is 4. The zero-order valence-electron chi connectivity index (χ0n) is 13.4. The first kappa shape index (κ1) is 16.9. The average molecular weight is 351 g/mol. The van der Waals surface area contributed by atoms with Crippen LogP contribution >= 0.6 is 0 Å². The number of nitro benzene ring substituents is 1. The number of benzene rings is 2. The Hall–Kier alpha value is -3.95. The van der Waals surface area contributed by atoms with E-state index in [1.807, 2.05) is 30.3 Å². The highest BCUT2D eigenvalue weighted by Gasteiger charge is 2.08. The molecule has 26 heavy (non-hydrogen) atoms. The van der Waals surface area contributed by atoms with Gasteiger partial charge in [0.2, 0.25) is 5.82 Å². The van der Waals surface area contributed by atoms with E-state index in [4.69, 9.17) is 0 Å². The largest absolute Gasteiger partial charge is 0.271 e. The summed E-state index contributed by atoms with van der Waals surface area (Å²) in [5.41, 5.74) is 3.54. The molecule has 1 amide bonds. The summed E-state index contributed by atoms with van der Waals surface area (Å²) in [5, 5.41) is 26.3. The van der Waals surface area contributed by atoms with Crippen LogP contribution in [0.1, 0.15) is 5.56 Å². The first-order chi connectivity index (χ1) is 12.6. The number of tetrazole rings is 1. The highest BCUT2D eigenvalue weighted by atomic mass is 16.6. The molecule has 0 radical (unpaired) electrons. The van der Waals surface area contributed by atoms with Gasteiger partial charge in [-0.15, -0.1) is 10.2 Å². The van der Waals surface area contributed by atoms with Gasteiger partial charge in [-0.1, -0.05) is 42.5 Å². The number of carbonyl (C=O) groups is 1. The number of nitro groups is 1. The summed E-state index contributed by atoms with van der Waals surface area (Å²) in [6.07, 6.45) is 1.31. The second-order valence-corrected chi connectivity index (χ2v) is 5.15. The van der Waals surface area contributed by atoms with Gasteiger partial charge < -0.3 is 0 Å². The molecule has 0 bridgehead atoms. The molecule has 0 spiro atoms. The van der Waals surface area contributed by atoms with Gasteiger partial charge in [-0.2, -0.15) is 9.90 Å². The van der Waals surface area contributed by atoms with Crippen molar-refractivity contribution in [1.29, 1.82) is 0 Å². The van der Waals surface area contributed by atoms with Crippen molar-refractivity contribution in [2.75, 3.05) is 0 Å². The molecule has 1 N–H and O–H groups in total. The lowest BCUT2D eigenvalue weighted by Crippen LogP contribution is -2.24. The Labute approximate surface area is 147 Å². The van der Waals surface area contributed by atoms with E-state index in [0.29, 0.717) is 11.4 Å². The van der Waals surface area contributed by atoms with E-state index in [1.54, 1.807) is 6.07 Å². The van der Waals surface area contributed by atoms with E-state index in [2.05, 4.69) is 25.9 Å². The summed E-state index contributed by atoms with van der Waals surface area (Å²) >= 11 is 0. The molecule has 0 aliphatic carbocycles. The zero-order chi connectivity index (χ0) is 18.4. The van der Waals surface area contributed by atoms with Crippen molar-refractivity contribution >= 4 is 17.8 Å². The lowest BCUT2D eigenvalue weighted by molar-refractivity contribution is -0.384. The summed E-state index contributed by atoms with van der Waals surface area (Å²) in [5.74, 6) is -0.0396. The number of nitrogens with zero attached hydrogens (tertiary/aromatic N) is 6. The van der Waals surface area contributed by atoms with Gasteiger partial charge in [0.25, 0.3) is 11.6 Å². The molecule has 0 aliphatic rings. The summed E-state index contributed by atoms with van der Waals surface area (Å²) in [6.45, 7) is -0.161. The van der Waals surface area contributed by atoms with Gasteiger partial charge in [0.05, 0.1) is 11.1 Å². The summed E-state index contributed by atoms with van der Waals surface area (Å²) in [6, 6.07) is 15.1. The van der Waals surface area contributed by atoms with Crippen LogP contribution in [0.2, 0.25) is 0 Å². The first-order valence-electron chi connectivity index (χ1n) is 7.51. The van der Waals surface area contributed by atoms with Crippen LogP contribution in [0.4, 0.5) is 5.69 Å². The number of rotatable bonds is 6. The van der Waals surface area contributed by atoms with Crippen LogP contribution in [0.5, 0.6) is 0 Å². The molecule has 0 aliphatic heterocycles. The number of hydrazone groups is 1. The van der Waals surface area contributed by atoms with Crippen LogP contribution in [0.15, 0.2) is 59.7 Å². The molecule has 3 aromatic rings. The third kappa shape index (κ3) is 4.32. The van der Waals surface area contributed by atoms with Gasteiger partial charge in [-0.05, 0) is 5.21 Å². The van der Waals surface area contributed by atoms with Crippen LogP contribution in [-0.2, 0) is 11.3 Å². The van der Waals surface area contributed by atoms with E-state index < -0.39 is 10.8 Å². The Morgan fingerprint density at radius 1 is 1.23 bits per heavy atom. The molecule has 0 unspecified atom stereocenters. The number of hydrogen-bond donors (Lipinski definition) is 1. The topological polar surface area (TPSA) is 128 Å². The molecule has 1 heterocycles. The molecule has 0 fully saturated rings. The molecule has 10 heteroatoms. The fourth-order valence-electron chi connectivity index (χ4n) is 2.07. The maximum absolute atomic E-state index is 11.9. The predicted octanol–water partition coefficient (Wildman–Crippen LogP) is 1.40. The Kier molecular flexibility index (Phi) is 5.03. The Morgan fingerprint density at radius 3 is 2.81 bits per heavy atom. The lowest BCUT2D eigenvalue weighted by atomic mass is 10.2. The molecule has 2 aromatic carbocycles. The van der Waals surface area contributed by atoms with E-state index >= 15 is 0 Å². The van der Waals surface area contributed by atoms with Gasteiger partial charge >= 0.3 is 0 Å². The minimum Gasteiger partial charge on any atom is -0.271 e. The maximum atomic E-state index is 11.9. The van der Waals surface area contributed by atoms with Crippen molar-refractivity contribution in [3.05, 3.63) is 70.3 Å². The van der Waals surface area contributed by atoms with Crippen molar-refractivity contribution in [3.8, 4) is 11.4 Å². The van der Waals surface area contributed by atoms with Crippen LogP contribution in [0, 0.1) is 10.1 Å². The third-order valence-corrected chi connectivity index (χ3v) is 3.25. The summed E-state index contributed by atoms with van der Waals surface area (Å²) < 4.78 is 0. The van der Waals surface area contributed by atoms with Gasteiger partial charge in [0.1, 0.15) is 6.54 Å². The van der Waals surface area contributed by atoms with E-state index in [0.717, 1.165) is 10.4 Å². The van der Waals surface area contributed by atoms with E-state index in [1.165, 1.54) is 24.4 Å². The van der Waals surface area contributed by atoms with Crippen molar-refractivity contribution < 1.29 is 9.72 Å². The SMILES string of the molecule is O=C(Cn1nnc(-c2ccccc2)n1)N/N=C\c1cccc([N+](=O)[O-])c1. The molecule has 3 rings (SSSR count). The van der Waals surface area contributed by atoms with Crippen molar-refractivity contribution in [2.24, 2.45) is 5.10 Å². The van der Waals surface area contributed by atoms with Gasteiger partial charge in [-0.3, -0.25) is 14.9 Å². The molecule has 1 aromatic heterocycles. The van der Waals surface area contributed by atoms with Crippen LogP contribution in [-0.4, -0.2) is 37.3 Å². The van der Waals surface area contributed by atoms with Crippen molar-refractivity contribution in [3.63, 3.8) is 0 Å². The van der Waals surface area contributed by atoms with E-state index in [9.17, 15) is 14.9 Å². The van der Waals surface area contributed by atoms with Gasteiger partial charge in [0.15, 0.2) is 0 Å². The third-order valence-electron chi connectivity index (χ3n) is 3.25. The number of hydrogen-bond acceptors (Lipinski definition) is 7. The minimum absolute atomic E-state index is 0.0551. The molecule has 0 saturated carbocycles. The van der Waals surface area contributed by atoms with Crippen LogP contribution in [0.3, 0.4) is 0 Å². The van der Waals surface area contributed by atoms with Gasteiger partial charge in [-0.25, -0.2) is 5.43 Å². The number of amides is 1. The molecule has 10 nitrogen and oxygen atoms in total. The number of non-ortho nitro benzene ring substituents is 1. The van der Waals surface area contributed by atoms with Crippen LogP contribution < -0.4 is 5.43 Å². The van der Waals surface area contributed by atoms with E-state index in [-0.39, 0.29) is 12.2 Å². The van der Waals surface area contributed by atoms with Crippen molar-refractivity contribution in [1.82, 2.24) is 25.6 Å². The highest BCUT2D eigenvalue weighted by molar-refractivity contribution is 5.83. The molecular formula is C16H13N7O3. The average Bonchev–Trinajstić information content (AvgIpc) is 3.11. The van der Waals surface area contributed by atoms with Gasteiger partial charge in [0, 0.05) is 23.3 Å².